The summed E-state index contributed by atoms with van der Waals surface area (Å²) in [6.45, 7) is 10.5. The molecule has 0 saturated heterocycles. The molecule has 0 aliphatic carbocycles. The number of esters is 2. The molecule has 0 aliphatic rings. The molecule has 158 valence electrons. The van der Waals surface area contributed by atoms with E-state index in [4.69, 9.17) is 9.47 Å². The van der Waals surface area contributed by atoms with Crippen molar-refractivity contribution in [3.05, 3.63) is 23.8 Å². The fourth-order valence-electron chi connectivity index (χ4n) is 2.79. The standard InChI is InChI=1S/C24H38O4/c1-6-7-8-9-10-20-13-14-21(27-23(25)15-11-18(2)3)22(17-20)28-24(26)16-12-19(4)5/h13-14,17-19H,6-12,15-16H2,1-5H3. The molecule has 1 rings (SSSR count). The van der Waals surface area contributed by atoms with Gasteiger partial charge in [-0.2, -0.15) is 0 Å². The number of benzene rings is 1. The monoisotopic (exact) mass is 390 g/mol. The summed E-state index contributed by atoms with van der Waals surface area (Å²) in [6.07, 6.45) is 7.91. The molecule has 0 saturated carbocycles. The van der Waals surface area contributed by atoms with Crippen LogP contribution in [0.25, 0.3) is 0 Å². The third kappa shape index (κ3) is 10.5. The fourth-order valence-corrected chi connectivity index (χ4v) is 2.79. The highest BCUT2D eigenvalue weighted by atomic mass is 16.6. The Labute approximate surface area is 171 Å². The van der Waals surface area contributed by atoms with Crippen molar-refractivity contribution in [2.45, 2.75) is 92.4 Å². The molecule has 0 unspecified atom stereocenters. The second-order valence-electron chi connectivity index (χ2n) is 8.40. The molecule has 1 aromatic carbocycles. The Kier molecular flexibility index (Phi) is 11.5. The van der Waals surface area contributed by atoms with Crippen LogP contribution in [0.4, 0.5) is 0 Å². The van der Waals surface area contributed by atoms with Crippen molar-refractivity contribution in [1.82, 2.24) is 0 Å². The van der Waals surface area contributed by atoms with E-state index in [1.54, 1.807) is 6.07 Å². The molecule has 0 bridgehead atoms. The second-order valence-corrected chi connectivity index (χ2v) is 8.40. The Balaban J connectivity index is 2.83. The van der Waals surface area contributed by atoms with E-state index in [0.717, 1.165) is 31.2 Å². The number of hydrogen-bond donors (Lipinski definition) is 0. The zero-order valence-electron chi connectivity index (χ0n) is 18.4. The lowest BCUT2D eigenvalue weighted by Gasteiger charge is -2.13. The summed E-state index contributed by atoms with van der Waals surface area (Å²) in [4.78, 5) is 24.4. The van der Waals surface area contributed by atoms with Gasteiger partial charge in [0.2, 0.25) is 0 Å². The van der Waals surface area contributed by atoms with Crippen molar-refractivity contribution in [3.8, 4) is 11.5 Å². The van der Waals surface area contributed by atoms with Crippen molar-refractivity contribution in [2.75, 3.05) is 0 Å². The molecule has 0 fully saturated rings. The maximum atomic E-state index is 12.2. The largest absolute Gasteiger partial charge is 0.423 e. The van der Waals surface area contributed by atoms with E-state index in [2.05, 4.69) is 34.6 Å². The Bertz CT molecular complexity index is 605. The highest BCUT2D eigenvalue weighted by Crippen LogP contribution is 2.30. The molecular weight excluding hydrogens is 352 g/mol. The normalized spacial score (nSPS) is 11.1. The van der Waals surface area contributed by atoms with Crippen LogP contribution in [0.2, 0.25) is 0 Å². The van der Waals surface area contributed by atoms with Gasteiger partial charge in [0, 0.05) is 12.8 Å². The van der Waals surface area contributed by atoms with Gasteiger partial charge in [-0.3, -0.25) is 9.59 Å². The molecule has 4 nitrogen and oxygen atoms in total. The first-order valence-electron chi connectivity index (χ1n) is 10.9. The summed E-state index contributed by atoms with van der Waals surface area (Å²) in [7, 11) is 0. The van der Waals surface area contributed by atoms with Gasteiger partial charge in [-0.25, -0.2) is 0 Å². The van der Waals surface area contributed by atoms with Gasteiger partial charge < -0.3 is 9.47 Å². The number of carbonyl (C=O) groups excluding carboxylic acids is 2. The topological polar surface area (TPSA) is 52.6 Å². The Morgan fingerprint density at radius 1 is 0.821 bits per heavy atom. The SMILES string of the molecule is CCCCCCc1ccc(OC(=O)CCC(C)C)c(OC(=O)CCC(C)C)c1. The summed E-state index contributed by atoms with van der Waals surface area (Å²) in [5, 5.41) is 0. The van der Waals surface area contributed by atoms with Crippen LogP contribution in [0.5, 0.6) is 11.5 Å². The summed E-state index contributed by atoms with van der Waals surface area (Å²) in [5.74, 6) is 1.00. The number of carbonyl (C=O) groups is 2. The van der Waals surface area contributed by atoms with Gasteiger partial charge >= 0.3 is 11.9 Å². The molecule has 0 heterocycles. The van der Waals surface area contributed by atoms with Gasteiger partial charge in [-0.05, 0) is 55.2 Å². The van der Waals surface area contributed by atoms with Crippen LogP contribution in [0, 0.1) is 11.8 Å². The minimum absolute atomic E-state index is 0.281. The van der Waals surface area contributed by atoms with Crippen LogP contribution < -0.4 is 9.47 Å². The average molecular weight is 391 g/mol. The molecule has 0 aliphatic heterocycles. The van der Waals surface area contributed by atoms with Crippen LogP contribution in [-0.2, 0) is 16.0 Å². The molecular formula is C24H38O4. The quantitative estimate of drug-likeness (QED) is 0.219. The number of aryl methyl sites for hydroxylation is 1. The predicted octanol–water partition coefficient (Wildman–Crippen LogP) is 6.49. The van der Waals surface area contributed by atoms with E-state index in [-0.39, 0.29) is 11.9 Å². The summed E-state index contributed by atoms with van der Waals surface area (Å²) in [5.41, 5.74) is 1.10. The van der Waals surface area contributed by atoms with Crippen LogP contribution >= 0.6 is 0 Å². The Morgan fingerprint density at radius 3 is 1.93 bits per heavy atom. The summed E-state index contributed by atoms with van der Waals surface area (Å²) in [6, 6.07) is 5.57. The molecule has 0 aromatic heterocycles. The minimum Gasteiger partial charge on any atom is -0.423 e. The highest BCUT2D eigenvalue weighted by Gasteiger charge is 2.15. The van der Waals surface area contributed by atoms with Crippen molar-refractivity contribution < 1.29 is 19.1 Å². The lowest BCUT2D eigenvalue weighted by Crippen LogP contribution is -2.13. The van der Waals surface area contributed by atoms with E-state index in [1.165, 1.54) is 19.3 Å². The van der Waals surface area contributed by atoms with Crippen LogP contribution in [0.1, 0.15) is 91.5 Å². The smallest absolute Gasteiger partial charge is 0.311 e. The fraction of sp³-hybridized carbons (Fsp3) is 0.667. The minimum atomic E-state index is -0.288. The van der Waals surface area contributed by atoms with Crippen molar-refractivity contribution in [1.29, 1.82) is 0 Å². The van der Waals surface area contributed by atoms with Crippen molar-refractivity contribution in [3.63, 3.8) is 0 Å². The van der Waals surface area contributed by atoms with E-state index in [1.807, 2.05) is 12.1 Å². The zero-order chi connectivity index (χ0) is 20.9. The first kappa shape index (κ1) is 24.2. The number of unbranched alkanes of at least 4 members (excludes halogenated alkanes) is 3. The number of rotatable bonds is 13. The van der Waals surface area contributed by atoms with Gasteiger partial charge in [0.1, 0.15) is 0 Å². The molecule has 0 atom stereocenters. The van der Waals surface area contributed by atoms with Crippen LogP contribution in [0.3, 0.4) is 0 Å². The van der Waals surface area contributed by atoms with E-state index in [0.29, 0.717) is 36.2 Å². The predicted molar refractivity (Wildman–Crippen MR) is 114 cm³/mol. The maximum Gasteiger partial charge on any atom is 0.311 e. The molecule has 4 heteroatoms. The van der Waals surface area contributed by atoms with E-state index in [9.17, 15) is 9.59 Å². The molecule has 0 spiro atoms. The molecule has 0 N–H and O–H groups in total. The number of ether oxygens (including phenoxy) is 2. The maximum absolute atomic E-state index is 12.2. The van der Waals surface area contributed by atoms with Gasteiger partial charge in [-0.1, -0.05) is 59.9 Å². The van der Waals surface area contributed by atoms with E-state index >= 15 is 0 Å². The van der Waals surface area contributed by atoms with Gasteiger partial charge in [-0.15, -0.1) is 0 Å². The lowest BCUT2D eigenvalue weighted by molar-refractivity contribution is -0.137. The molecule has 0 amide bonds. The highest BCUT2D eigenvalue weighted by molar-refractivity contribution is 5.76. The van der Waals surface area contributed by atoms with E-state index < -0.39 is 0 Å². The first-order valence-corrected chi connectivity index (χ1v) is 10.9. The molecule has 1 aromatic rings. The average Bonchev–Trinajstić information content (AvgIpc) is 2.64. The van der Waals surface area contributed by atoms with Crippen molar-refractivity contribution in [2.24, 2.45) is 11.8 Å². The van der Waals surface area contributed by atoms with Gasteiger partial charge in [0.15, 0.2) is 11.5 Å². The van der Waals surface area contributed by atoms with Crippen molar-refractivity contribution >= 4 is 11.9 Å². The lowest BCUT2D eigenvalue weighted by atomic mass is 10.1. The number of hydrogen-bond acceptors (Lipinski definition) is 4. The van der Waals surface area contributed by atoms with Crippen LogP contribution in [-0.4, -0.2) is 11.9 Å². The zero-order valence-corrected chi connectivity index (χ0v) is 18.4. The Morgan fingerprint density at radius 2 is 1.39 bits per heavy atom. The third-order valence-corrected chi connectivity index (χ3v) is 4.63. The molecule has 28 heavy (non-hydrogen) atoms. The Hall–Kier alpha value is -1.84. The molecule has 0 radical (unpaired) electrons. The van der Waals surface area contributed by atoms with Crippen LogP contribution in [0.15, 0.2) is 18.2 Å². The summed E-state index contributed by atoms with van der Waals surface area (Å²) >= 11 is 0. The van der Waals surface area contributed by atoms with Gasteiger partial charge in [0.05, 0.1) is 0 Å². The summed E-state index contributed by atoms with van der Waals surface area (Å²) < 4.78 is 11.1. The first-order chi connectivity index (χ1) is 13.3. The van der Waals surface area contributed by atoms with Gasteiger partial charge in [0.25, 0.3) is 0 Å². The second kappa shape index (κ2) is 13.4. The third-order valence-electron chi connectivity index (χ3n) is 4.63.